The highest BCUT2D eigenvalue weighted by Crippen LogP contribution is 2.61. The lowest BCUT2D eigenvalue weighted by atomic mass is 9.45. The molecule has 11 nitrogen and oxygen atoms in total. The van der Waals surface area contributed by atoms with Crippen LogP contribution in [0, 0.1) is 52.8 Å². The largest absolute Gasteiger partial charge is 0.394 e. The van der Waals surface area contributed by atoms with Crippen LogP contribution in [0.4, 0.5) is 0 Å². The molecule has 0 spiro atoms. The van der Waals surface area contributed by atoms with Crippen LogP contribution in [0.3, 0.4) is 0 Å². The van der Waals surface area contributed by atoms with E-state index in [2.05, 4.69) is 69.4 Å². The van der Waals surface area contributed by atoms with Crippen LogP contribution in [-0.2, 0) is 19.2 Å². The molecule has 1 aliphatic heterocycles. The monoisotopic (exact) mass is 692 g/mol. The van der Waals surface area contributed by atoms with Crippen molar-refractivity contribution in [3.8, 4) is 0 Å². The van der Waals surface area contributed by atoms with Gasteiger partial charge in [0.2, 0.25) is 11.8 Å². The quantitative estimate of drug-likeness (QED) is 0.231. The van der Waals surface area contributed by atoms with Crippen LogP contribution in [0.5, 0.6) is 0 Å². The highest BCUT2D eigenvalue weighted by atomic mass is 16.7. The van der Waals surface area contributed by atoms with Crippen molar-refractivity contribution in [3.63, 3.8) is 0 Å². The molecule has 14 atom stereocenters. The van der Waals surface area contributed by atoms with Crippen molar-refractivity contribution in [2.75, 3.05) is 61.5 Å². The maximum Gasteiger partial charge on any atom is 0.240 e. The Bertz CT molecular complexity index is 1120. The molecule has 6 aliphatic rings. The molecule has 0 radical (unpaired) electrons. The van der Waals surface area contributed by atoms with Crippen LogP contribution in [0.25, 0.3) is 0 Å². The zero-order valence-electron chi connectivity index (χ0n) is 31.9. The SMILES string of the molecule is CNC(=O)C1CC(C2CCCC(CN3O[C@@H](CO)[C@@H]([C@H](C)O)[C@H]3C(=O)N[C@H]3C[C@H]4C[C@@H]([C@@H]3C)C4(C)C)C2OCCN(C)C)CC(N(C)C)C1. The summed E-state index contributed by atoms with van der Waals surface area (Å²) in [5.41, 5.74) is 0.317. The molecule has 282 valence electrons. The van der Waals surface area contributed by atoms with Gasteiger partial charge in [0.15, 0.2) is 0 Å². The first-order valence-electron chi connectivity index (χ1n) is 19.3. The Kier molecular flexibility index (Phi) is 12.8. The van der Waals surface area contributed by atoms with E-state index in [0.717, 1.165) is 51.5 Å². The van der Waals surface area contributed by atoms with Gasteiger partial charge in [-0.2, -0.15) is 5.06 Å². The smallest absolute Gasteiger partial charge is 0.240 e. The van der Waals surface area contributed by atoms with E-state index in [9.17, 15) is 19.8 Å². The predicted molar refractivity (Wildman–Crippen MR) is 190 cm³/mol. The summed E-state index contributed by atoms with van der Waals surface area (Å²) in [4.78, 5) is 38.1. The molecule has 6 fully saturated rings. The van der Waals surface area contributed by atoms with E-state index in [4.69, 9.17) is 9.57 Å². The first-order valence-corrected chi connectivity index (χ1v) is 19.3. The lowest BCUT2D eigenvalue weighted by molar-refractivity contribution is -0.195. The Morgan fingerprint density at radius 3 is 2.39 bits per heavy atom. The summed E-state index contributed by atoms with van der Waals surface area (Å²) in [6.07, 6.45) is 6.47. The van der Waals surface area contributed by atoms with Crippen LogP contribution in [0.1, 0.15) is 79.1 Å². The molecular formula is C38H69N5O6. The fraction of sp³-hybridized carbons (Fsp3) is 0.947. The molecule has 6 rings (SSSR count). The zero-order chi connectivity index (χ0) is 35.8. The number of hydroxylamine groups is 2. The molecule has 49 heavy (non-hydrogen) atoms. The van der Waals surface area contributed by atoms with E-state index in [1.807, 2.05) is 0 Å². The second-order valence-corrected chi connectivity index (χ2v) is 17.6. The van der Waals surface area contributed by atoms with Gasteiger partial charge in [-0.25, -0.2) is 0 Å². The third-order valence-corrected chi connectivity index (χ3v) is 14.0. The molecule has 2 amide bonds. The van der Waals surface area contributed by atoms with Gasteiger partial charge in [-0.3, -0.25) is 14.4 Å². The molecular weight excluding hydrogens is 622 g/mol. The van der Waals surface area contributed by atoms with Crippen LogP contribution >= 0.6 is 0 Å². The highest BCUT2D eigenvalue weighted by Gasteiger charge is 2.58. The van der Waals surface area contributed by atoms with E-state index in [-0.39, 0.29) is 48.3 Å². The van der Waals surface area contributed by atoms with Gasteiger partial charge in [0.1, 0.15) is 12.1 Å². The highest BCUT2D eigenvalue weighted by molar-refractivity contribution is 5.83. The summed E-state index contributed by atoms with van der Waals surface area (Å²) in [6.45, 7) is 10.3. The minimum absolute atomic E-state index is 0.0233. The van der Waals surface area contributed by atoms with Gasteiger partial charge in [0.25, 0.3) is 0 Å². The molecule has 4 N–H and O–H groups in total. The Morgan fingerprint density at radius 2 is 1.80 bits per heavy atom. The van der Waals surface area contributed by atoms with Gasteiger partial charge in [0, 0.05) is 50.0 Å². The van der Waals surface area contributed by atoms with Gasteiger partial charge in [-0.1, -0.05) is 27.2 Å². The second-order valence-electron chi connectivity index (χ2n) is 17.6. The van der Waals surface area contributed by atoms with Crippen molar-refractivity contribution < 1.29 is 29.4 Å². The lowest BCUT2D eigenvalue weighted by Gasteiger charge is -2.62. The molecule has 5 saturated carbocycles. The van der Waals surface area contributed by atoms with E-state index in [0.29, 0.717) is 48.3 Å². The van der Waals surface area contributed by atoms with Crippen molar-refractivity contribution >= 4 is 11.8 Å². The number of rotatable bonds is 13. The maximum absolute atomic E-state index is 14.3. The number of carbonyl (C=O) groups is 2. The zero-order valence-corrected chi connectivity index (χ0v) is 31.9. The first kappa shape index (κ1) is 38.9. The van der Waals surface area contributed by atoms with Crippen molar-refractivity contribution in [2.45, 2.75) is 115 Å². The predicted octanol–water partition coefficient (Wildman–Crippen LogP) is 2.60. The summed E-state index contributed by atoms with van der Waals surface area (Å²) in [5, 5.41) is 29.5. The average molecular weight is 692 g/mol. The number of carbonyl (C=O) groups excluding carboxylic acids is 2. The van der Waals surface area contributed by atoms with Crippen LogP contribution in [0.15, 0.2) is 0 Å². The summed E-state index contributed by atoms with van der Waals surface area (Å²) in [5.74, 6) is 1.76. The van der Waals surface area contributed by atoms with Crippen molar-refractivity contribution in [2.24, 2.45) is 52.8 Å². The van der Waals surface area contributed by atoms with Crippen molar-refractivity contribution in [3.05, 3.63) is 0 Å². The number of aliphatic hydroxyl groups is 2. The van der Waals surface area contributed by atoms with Crippen LogP contribution in [0.2, 0.25) is 0 Å². The molecule has 6 unspecified atom stereocenters. The Morgan fingerprint density at radius 1 is 1.06 bits per heavy atom. The molecule has 0 aromatic heterocycles. The molecule has 2 bridgehead atoms. The average Bonchev–Trinajstić information content (AvgIpc) is 3.43. The van der Waals surface area contributed by atoms with Gasteiger partial charge >= 0.3 is 0 Å². The molecule has 1 heterocycles. The fourth-order valence-corrected chi connectivity index (χ4v) is 10.9. The summed E-state index contributed by atoms with van der Waals surface area (Å²) in [6, 6.07) is -0.280. The molecule has 11 heteroatoms. The standard InChI is InChI=1S/C38H69N5O6/c1-22-30-18-27(38(30,3)4)19-31(22)40-37(47)34-33(23(2)45)32(21-44)49-43(34)20-24-11-10-12-29(35(24)48-14-13-41(6)7)25-15-26(36(46)39-5)17-28(16-25)42(8)9/h22-35,44-45H,10-21H2,1-9H3,(H,39,46)(H,40,47)/t22-,23-,24?,25?,26?,27+,28?,29?,30-,31-,32-,33+,34-,35?/m0/s1. The van der Waals surface area contributed by atoms with E-state index in [1.165, 1.54) is 6.42 Å². The topological polar surface area (TPSA) is 127 Å². The lowest BCUT2D eigenvalue weighted by Crippen LogP contribution is -2.62. The molecule has 0 aromatic carbocycles. The van der Waals surface area contributed by atoms with E-state index in [1.54, 1.807) is 19.0 Å². The Balaban J connectivity index is 1.38. The number of likely N-dealkylation sites (N-methyl/N-ethyl adjacent to an activating group) is 1. The number of hydrogen-bond acceptors (Lipinski definition) is 9. The number of fused-ring (bicyclic) bond motifs is 2. The Hall–Kier alpha value is -1.34. The Labute approximate surface area is 296 Å². The summed E-state index contributed by atoms with van der Waals surface area (Å²) < 4.78 is 6.86. The number of nitrogens with one attached hydrogen (secondary N) is 2. The molecule has 0 aromatic rings. The minimum Gasteiger partial charge on any atom is -0.394 e. The minimum atomic E-state index is -0.827. The molecule has 1 saturated heterocycles. The van der Waals surface area contributed by atoms with Gasteiger partial charge < -0.3 is 35.4 Å². The maximum atomic E-state index is 14.3. The van der Waals surface area contributed by atoms with Crippen molar-refractivity contribution in [1.29, 1.82) is 0 Å². The summed E-state index contributed by atoms with van der Waals surface area (Å²) in [7, 11) is 10.1. The van der Waals surface area contributed by atoms with Crippen LogP contribution in [-0.4, -0.2) is 135 Å². The molecule has 5 aliphatic carbocycles. The summed E-state index contributed by atoms with van der Waals surface area (Å²) >= 11 is 0. The van der Waals surface area contributed by atoms with Gasteiger partial charge in [-0.05, 0) is 115 Å². The third-order valence-electron chi connectivity index (χ3n) is 14.0. The number of aliphatic hydroxyl groups excluding tert-OH is 2. The van der Waals surface area contributed by atoms with Gasteiger partial charge in [-0.15, -0.1) is 0 Å². The first-order chi connectivity index (χ1) is 23.2. The fourth-order valence-electron chi connectivity index (χ4n) is 10.9. The van der Waals surface area contributed by atoms with Gasteiger partial charge in [0.05, 0.1) is 25.4 Å². The number of ether oxygens (including phenoxy) is 1. The normalized spacial score (nSPS) is 41.4. The number of hydrogen-bond donors (Lipinski definition) is 4. The van der Waals surface area contributed by atoms with Crippen LogP contribution < -0.4 is 10.6 Å². The van der Waals surface area contributed by atoms with E-state index < -0.39 is 24.2 Å². The third kappa shape index (κ3) is 8.18. The van der Waals surface area contributed by atoms with E-state index >= 15 is 0 Å². The number of nitrogens with zero attached hydrogens (tertiary/aromatic N) is 3. The second kappa shape index (κ2) is 16.1. The van der Waals surface area contributed by atoms with Crippen molar-refractivity contribution in [1.82, 2.24) is 25.5 Å². The number of amides is 2.